The molecule has 1 unspecified atom stereocenters. The quantitative estimate of drug-likeness (QED) is 0.837. The van der Waals surface area contributed by atoms with E-state index in [0.717, 1.165) is 48.9 Å². The van der Waals surface area contributed by atoms with E-state index in [4.69, 9.17) is 19.4 Å². The third kappa shape index (κ3) is 3.92. The third-order valence-corrected chi connectivity index (χ3v) is 3.59. The smallest absolute Gasteiger partial charge is 0.160 e. The lowest BCUT2D eigenvalue weighted by molar-refractivity contribution is 0.0226. The van der Waals surface area contributed by atoms with E-state index in [1.165, 1.54) is 0 Å². The Kier molecular flexibility index (Phi) is 5.94. The molecule has 1 aromatic rings. The van der Waals surface area contributed by atoms with Crippen LogP contribution in [0.5, 0.6) is 0 Å². The summed E-state index contributed by atoms with van der Waals surface area (Å²) >= 11 is 0. The summed E-state index contributed by atoms with van der Waals surface area (Å²) in [6.07, 6.45) is 1.86. The number of fused-ring (bicyclic) bond motifs is 1. The molecule has 2 heterocycles. The highest BCUT2D eigenvalue weighted by molar-refractivity contribution is 5.47. The normalized spacial score (nSPS) is 15.9. The molecule has 0 saturated heterocycles. The van der Waals surface area contributed by atoms with Crippen molar-refractivity contribution in [2.75, 3.05) is 25.1 Å². The van der Waals surface area contributed by atoms with Crippen LogP contribution in [0.15, 0.2) is 0 Å². The van der Waals surface area contributed by atoms with Crippen molar-refractivity contribution in [2.24, 2.45) is 5.92 Å². The molecule has 1 atom stereocenters. The number of hydrogen-bond acceptors (Lipinski definition) is 5. The first-order valence-corrected chi connectivity index (χ1v) is 8.00. The summed E-state index contributed by atoms with van der Waals surface area (Å²) in [6.45, 7) is 11.4. The molecule has 0 bridgehead atoms. The lowest BCUT2D eigenvalue weighted by Crippen LogP contribution is -2.22. The van der Waals surface area contributed by atoms with Crippen molar-refractivity contribution >= 4 is 5.82 Å². The Morgan fingerprint density at radius 2 is 2.10 bits per heavy atom. The Balaban J connectivity index is 2.36. The van der Waals surface area contributed by atoms with Gasteiger partial charge in [-0.25, -0.2) is 9.97 Å². The summed E-state index contributed by atoms with van der Waals surface area (Å²) in [5.41, 5.74) is 2.22. The Morgan fingerprint density at radius 1 is 1.29 bits per heavy atom. The summed E-state index contributed by atoms with van der Waals surface area (Å²) in [6, 6.07) is 0. The molecule has 0 amide bonds. The van der Waals surface area contributed by atoms with Crippen LogP contribution >= 0.6 is 0 Å². The lowest BCUT2D eigenvalue weighted by atomic mass is 10.0. The molecule has 1 aromatic heterocycles. The first-order chi connectivity index (χ1) is 10.2. The number of anilines is 1. The molecule has 0 radical (unpaired) electrons. The van der Waals surface area contributed by atoms with Crippen molar-refractivity contribution in [1.29, 1.82) is 0 Å². The molecule has 0 aliphatic carbocycles. The minimum absolute atomic E-state index is 0.0506. The van der Waals surface area contributed by atoms with Gasteiger partial charge in [0, 0.05) is 25.1 Å². The molecular weight excluding hydrogens is 266 g/mol. The Bertz CT molecular complexity index is 463. The van der Waals surface area contributed by atoms with Crippen molar-refractivity contribution in [3.05, 3.63) is 17.1 Å². The maximum Gasteiger partial charge on any atom is 0.160 e. The van der Waals surface area contributed by atoms with Gasteiger partial charge in [0.05, 0.1) is 18.9 Å². The maximum absolute atomic E-state index is 5.86. The first kappa shape index (κ1) is 16.2. The fourth-order valence-corrected chi connectivity index (χ4v) is 2.51. The SMILES string of the molecule is CCCNc1nc(C(OCC)C(C)C)nc2c1COCC2. The molecule has 0 aromatic carbocycles. The standard InChI is InChI=1S/C16H27N3O2/c1-5-8-17-15-12-10-20-9-7-13(12)18-16(19-15)14(11(3)4)21-6-2/h11,14H,5-10H2,1-4H3,(H,17,18,19). The van der Waals surface area contributed by atoms with E-state index in [0.29, 0.717) is 19.1 Å². The second kappa shape index (κ2) is 7.71. The highest BCUT2D eigenvalue weighted by Gasteiger charge is 2.24. The van der Waals surface area contributed by atoms with Crippen LogP contribution in [0.3, 0.4) is 0 Å². The minimum Gasteiger partial charge on any atom is -0.376 e. The van der Waals surface area contributed by atoms with Gasteiger partial charge in [0.15, 0.2) is 5.82 Å². The zero-order chi connectivity index (χ0) is 15.2. The van der Waals surface area contributed by atoms with Gasteiger partial charge in [-0.05, 0) is 19.3 Å². The van der Waals surface area contributed by atoms with Crippen molar-refractivity contribution in [3.63, 3.8) is 0 Å². The molecule has 1 aliphatic rings. The molecule has 2 rings (SSSR count). The van der Waals surface area contributed by atoms with Gasteiger partial charge in [-0.3, -0.25) is 0 Å². The van der Waals surface area contributed by atoms with Crippen molar-refractivity contribution in [2.45, 2.75) is 53.2 Å². The second-order valence-corrected chi connectivity index (χ2v) is 5.70. The van der Waals surface area contributed by atoms with Gasteiger partial charge in [-0.1, -0.05) is 20.8 Å². The minimum atomic E-state index is -0.0506. The number of nitrogens with one attached hydrogen (secondary N) is 1. The fourth-order valence-electron chi connectivity index (χ4n) is 2.51. The molecule has 21 heavy (non-hydrogen) atoms. The lowest BCUT2D eigenvalue weighted by Gasteiger charge is -2.24. The van der Waals surface area contributed by atoms with E-state index in [-0.39, 0.29) is 6.10 Å². The van der Waals surface area contributed by atoms with Gasteiger partial charge in [0.2, 0.25) is 0 Å². The summed E-state index contributed by atoms with van der Waals surface area (Å²) in [4.78, 5) is 9.50. The second-order valence-electron chi connectivity index (χ2n) is 5.70. The van der Waals surface area contributed by atoms with Crippen LogP contribution < -0.4 is 5.32 Å². The summed E-state index contributed by atoms with van der Waals surface area (Å²) in [5.74, 6) is 2.06. The molecule has 0 fully saturated rings. The Hall–Kier alpha value is -1.20. The van der Waals surface area contributed by atoms with E-state index in [1.807, 2.05) is 6.92 Å². The monoisotopic (exact) mass is 293 g/mol. The molecule has 0 spiro atoms. The third-order valence-electron chi connectivity index (χ3n) is 3.59. The van der Waals surface area contributed by atoms with Crippen LogP contribution in [0.25, 0.3) is 0 Å². The summed E-state index contributed by atoms with van der Waals surface area (Å²) in [7, 11) is 0. The summed E-state index contributed by atoms with van der Waals surface area (Å²) in [5, 5.41) is 3.41. The van der Waals surface area contributed by atoms with E-state index < -0.39 is 0 Å². The molecule has 5 nitrogen and oxygen atoms in total. The number of ether oxygens (including phenoxy) is 2. The highest BCUT2D eigenvalue weighted by Crippen LogP contribution is 2.28. The van der Waals surface area contributed by atoms with E-state index >= 15 is 0 Å². The van der Waals surface area contributed by atoms with E-state index in [9.17, 15) is 0 Å². The van der Waals surface area contributed by atoms with Crippen LogP contribution in [0.1, 0.15) is 57.3 Å². The number of aromatic nitrogens is 2. The van der Waals surface area contributed by atoms with Crippen LogP contribution in [0, 0.1) is 5.92 Å². The topological polar surface area (TPSA) is 56.3 Å². The fraction of sp³-hybridized carbons (Fsp3) is 0.750. The predicted molar refractivity (Wildman–Crippen MR) is 83.4 cm³/mol. The van der Waals surface area contributed by atoms with Gasteiger partial charge in [-0.2, -0.15) is 0 Å². The zero-order valence-corrected chi connectivity index (χ0v) is 13.6. The van der Waals surface area contributed by atoms with Gasteiger partial charge in [-0.15, -0.1) is 0 Å². The van der Waals surface area contributed by atoms with E-state index in [1.54, 1.807) is 0 Å². The number of hydrogen-bond donors (Lipinski definition) is 1. The highest BCUT2D eigenvalue weighted by atomic mass is 16.5. The molecular formula is C16H27N3O2. The molecule has 1 N–H and O–H groups in total. The largest absolute Gasteiger partial charge is 0.376 e. The average molecular weight is 293 g/mol. The average Bonchev–Trinajstić information content (AvgIpc) is 2.49. The molecule has 0 saturated carbocycles. The van der Waals surface area contributed by atoms with Gasteiger partial charge < -0.3 is 14.8 Å². The van der Waals surface area contributed by atoms with Crippen LogP contribution in [0.2, 0.25) is 0 Å². The number of rotatable bonds is 7. The first-order valence-electron chi connectivity index (χ1n) is 8.00. The zero-order valence-electron chi connectivity index (χ0n) is 13.6. The van der Waals surface area contributed by atoms with Gasteiger partial charge >= 0.3 is 0 Å². The van der Waals surface area contributed by atoms with Crippen molar-refractivity contribution < 1.29 is 9.47 Å². The van der Waals surface area contributed by atoms with Crippen molar-refractivity contribution in [3.8, 4) is 0 Å². The van der Waals surface area contributed by atoms with Gasteiger partial charge in [0.1, 0.15) is 11.9 Å². The van der Waals surface area contributed by atoms with Crippen LogP contribution in [0.4, 0.5) is 5.82 Å². The van der Waals surface area contributed by atoms with E-state index in [2.05, 4.69) is 26.1 Å². The van der Waals surface area contributed by atoms with Gasteiger partial charge in [0.25, 0.3) is 0 Å². The molecule has 118 valence electrons. The molecule has 5 heteroatoms. The Labute approximate surface area is 127 Å². The predicted octanol–water partition coefficient (Wildman–Crippen LogP) is 3.10. The Morgan fingerprint density at radius 3 is 2.76 bits per heavy atom. The maximum atomic E-state index is 5.86. The van der Waals surface area contributed by atoms with Crippen molar-refractivity contribution in [1.82, 2.24) is 9.97 Å². The number of nitrogens with zero attached hydrogens (tertiary/aromatic N) is 2. The summed E-state index contributed by atoms with van der Waals surface area (Å²) < 4.78 is 11.4. The van der Waals surface area contributed by atoms with Crippen LogP contribution in [-0.2, 0) is 22.5 Å². The van der Waals surface area contributed by atoms with Crippen LogP contribution in [-0.4, -0.2) is 29.7 Å². The molecule has 1 aliphatic heterocycles.